The quantitative estimate of drug-likeness (QED) is 0.237. The van der Waals surface area contributed by atoms with E-state index in [1.807, 2.05) is 37.3 Å². The predicted molar refractivity (Wildman–Crippen MR) is 169 cm³/mol. The lowest BCUT2D eigenvalue weighted by Crippen LogP contribution is -2.56. The van der Waals surface area contributed by atoms with Crippen LogP contribution in [0.5, 0.6) is 5.75 Å². The second kappa shape index (κ2) is 12.4. The van der Waals surface area contributed by atoms with Crippen molar-refractivity contribution in [2.24, 2.45) is 0 Å². The highest BCUT2D eigenvalue weighted by Crippen LogP contribution is 2.36. The Hall–Kier alpha value is -4.86. The number of para-hydroxylation sites is 1. The van der Waals surface area contributed by atoms with Gasteiger partial charge < -0.3 is 10.2 Å². The molecule has 6 rings (SSSR count). The molecule has 0 spiro atoms. The minimum absolute atomic E-state index is 0.0848. The van der Waals surface area contributed by atoms with Gasteiger partial charge in [0.15, 0.2) is 5.82 Å². The van der Waals surface area contributed by atoms with E-state index >= 15 is 0 Å². The lowest BCUT2D eigenvalue weighted by atomic mass is 9.92. The topological polar surface area (TPSA) is 108 Å². The number of phenols is 1. The summed E-state index contributed by atoms with van der Waals surface area (Å²) in [4.78, 5) is 17.1. The van der Waals surface area contributed by atoms with Gasteiger partial charge in [-0.2, -0.15) is 4.68 Å². The molecule has 0 aliphatic carbocycles. The summed E-state index contributed by atoms with van der Waals surface area (Å²) < 4.78 is 1.50. The minimum atomic E-state index is -1.04. The van der Waals surface area contributed by atoms with Crippen LogP contribution in [-0.4, -0.2) is 71.4 Å². The SMILES string of the molecule is Cc1cccc(C(=O)O)c1-n1nnnc1-c1ccc([C@H](c2cccc(O)c2)N2C[C@@H](C)N(Cc3ccccc3)C[C@@H]2C)cc1. The van der Waals surface area contributed by atoms with E-state index in [1.54, 1.807) is 18.2 Å². The van der Waals surface area contributed by atoms with Gasteiger partial charge in [0.25, 0.3) is 0 Å². The van der Waals surface area contributed by atoms with Crippen molar-refractivity contribution < 1.29 is 15.0 Å². The number of aryl methyl sites for hydroxylation is 1. The van der Waals surface area contributed by atoms with E-state index in [-0.39, 0.29) is 23.4 Å². The zero-order chi connectivity index (χ0) is 30.8. The van der Waals surface area contributed by atoms with Gasteiger partial charge in [-0.1, -0.05) is 78.9 Å². The van der Waals surface area contributed by atoms with Gasteiger partial charge in [-0.15, -0.1) is 5.10 Å². The number of aromatic carboxylic acids is 1. The average Bonchev–Trinajstić information content (AvgIpc) is 3.50. The molecule has 0 bridgehead atoms. The molecular weight excluding hydrogens is 552 g/mol. The number of piperazine rings is 1. The van der Waals surface area contributed by atoms with Crippen LogP contribution in [0.25, 0.3) is 17.1 Å². The van der Waals surface area contributed by atoms with Crippen LogP contribution in [0.4, 0.5) is 0 Å². The Morgan fingerprint density at radius 3 is 2.36 bits per heavy atom. The number of rotatable bonds is 8. The number of carboxylic acids is 1. The van der Waals surface area contributed by atoms with E-state index in [1.165, 1.54) is 10.2 Å². The van der Waals surface area contributed by atoms with Gasteiger partial charge in [-0.25, -0.2) is 4.79 Å². The molecule has 5 aromatic rings. The van der Waals surface area contributed by atoms with Gasteiger partial charge in [0.2, 0.25) is 0 Å². The minimum Gasteiger partial charge on any atom is -0.508 e. The molecule has 2 N–H and O–H groups in total. The maximum atomic E-state index is 12.0. The Labute approximate surface area is 257 Å². The molecule has 9 nitrogen and oxygen atoms in total. The fourth-order valence-electron chi connectivity index (χ4n) is 6.34. The summed E-state index contributed by atoms with van der Waals surface area (Å²) in [6.45, 7) is 9.08. The number of hydrogen-bond donors (Lipinski definition) is 2. The molecule has 1 aliphatic rings. The molecule has 9 heteroatoms. The summed E-state index contributed by atoms with van der Waals surface area (Å²) in [5.74, 6) is -0.348. The molecule has 1 saturated heterocycles. The first kappa shape index (κ1) is 29.2. The molecule has 0 saturated carbocycles. The fourth-order valence-corrected chi connectivity index (χ4v) is 6.34. The van der Waals surface area contributed by atoms with E-state index in [0.29, 0.717) is 17.6 Å². The van der Waals surface area contributed by atoms with Gasteiger partial charge in [0, 0.05) is 37.3 Å². The number of hydrogen-bond acceptors (Lipinski definition) is 7. The molecule has 224 valence electrons. The molecule has 44 heavy (non-hydrogen) atoms. The van der Waals surface area contributed by atoms with Crippen molar-refractivity contribution >= 4 is 5.97 Å². The van der Waals surface area contributed by atoms with Crippen molar-refractivity contribution in [3.63, 3.8) is 0 Å². The zero-order valence-electron chi connectivity index (χ0n) is 25.1. The summed E-state index contributed by atoms with van der Waals surface area (Å²) in [5, 5.41) is 32.6. The van der Waals surface area contributed by atoms with Crippen LogP contribution < -0.4 is 0 Å². The van der Waals surface area contributed by atoms with Crippen molar-refractivity contribution in [2.45, 2.75) is 45.4 Å². The molecule has 3 atom stereocenters. The lowest BCUT2D eigenvalue weighted by molar-refractivity contribution is 0.0195. The Balaban J connectivity index is 1.33. The molecule has 1 aliphatic heterocycles. The van der Waals surface area contributed by atoms with E-state index in [4.69, 9.17) is 0 Å². The van der Waals surface area contributed by atoms with Crippen molar-refractivity contribution in [1.29, 1.82) is 0 Å². The zero-order valence-corrected chi connectivity index (χ0v) is 25.1. The Morgan fingerprint density at radius 1 is 0.886 bits per heavy atom. The van der Waals surface area contributed by atoms with Crippen LogP contribution in [0.2, 0.25) is 0 Å². The number of benzene rings is 4. The van der Waals surface area contributed by atoms with Gasteiger partial charge in [0.1, 0.15) is 5.75 Å². The van der Waals surface area contributed by atoms with Gasteiger partial charge in [-0.3, -0.25) is 9.80 Å². The predicted octanol–water partition coefficient (Wildman–Crippen LogP) is 5.73. The van der Waals surface area contributed by atoms with Gasteiger partial charge in [-0.05, 0) is 71.7 Å². The summed E-state index contributed by atoms with van der Waals surface area (Å²) >= 11 is 0. The van der Waals surface area contributed by atoms with Crippen LogP contribution in [-0.2, 0) is 6.54 Å². The second-order valence-electron chi connectivity index (χ2n) is 11.6. The molecule has 1 aromatic heterocycles. The van der Waals surface area contributed by atoms with Gasteiger partial charge >= 0.3 is 5.97 Å². The number of nitrogens with zero attached hydrogens (tertiary/aromatic N) is 6. The molecular formula is C35H36N6O3. The summed E-state index contributed by atoms with van der Waals surface area (Å²) in [6, 6.07) is 31.8. The third-order valence-electron chi connectivity index (χ3n) is 8.54. The number of carbonyl (C=O) groups is 1. The normalized spacial score (nSPS) is 18.2. The number of carboxylic acid groups (broad SMARTS) is 1. The van der Waals surface area contributed by atoms with Crippen molar-refractivity contribution in [3.05, 3.63) is 125 Å². The first-order valence-corrected chi connectivity index (χ1v) is 14.8. The first-order valence-electron chi connectivity index (χ1n) is 14.8. The highest BCUT2D eigenvalue weighted by molar-refractivity contribution is 5.92. The highest BCUT2D eigenvalue weighted by Gasteiger charge is 2.35. The fraction of sp³-hybridized carbons (Fsp3) is 0.257. The largest absolute Gasteiger partial charge is 0.508 e. The third kappa shape index (κ3) is 5.84. The van der Waals surface area contributed by atoms with Crippen molar-refractivity contribution in [1.82, 2.24) is 30.0 Å². The first-order chi connectivity index (χ1) is 21.3. The molecule has 1 fully saturated rings. The number of aromatic nitrogens is 4. The number of tetrazole rings is 1. The maximum Gasteiger partial charge on any atom is 0.337 e. The smallest absolute Gasteiger partial charge is 0.337 e. The van der Waals surface area contributed by atoms with Crippen LogP contribution in [0.15, 0.2) is 97.1 Å². The molecule has 0 radical (unpaired) electrons. The van der Waals surface area contributed by atoms with Crippen LogP contribution >= 0.6 is 0 Å². The standard InChI is InChI=1S/C35H36N6O3/c1-23-9-7-14-31(35(43)44)32(23)41-34(36-37-38-41)28-17-15-27(16-18-28)33(29-12-8-13-30(42)19-29)40-21-24(2)39(20-25(40)3)22-26-10-5-4-6-11-26/h4-19,24-25,33,42H,20-22H2,1-3H3,(H,43,44)/t24-,25+,33-/m1/s1. The van der Waals surface area contributed by atoms with Crippen molar-refractivity contribution in [3.8, 4) is 22.8 Å². The summed E-state index contributed by atoms with van der Waals surface area (Å²) in [6.07, 6.45) is 0. The molecule has 0 amide bonds. The number of aromatic hydroxyl groups is 1. The Kier molecular flexibility index (Phi) is 8.23. The lowest BCUT2D eigenvalue weighted by Gasteiger charge is -2.47. The summed E-state index contributed by atoms with van der Waals surface area (Å²) in [7, 11) is 0. The van der Waals surface area contributed by atoms with Gasteiger partial charge in [0.05, 0.1) is 17.3 Å². The van der Waals surface area contributed by atoms with E-state index in [9.17, 15) is 15.0 Å². The number of phenolic OH excluding ortho intramolecular Hbond substituents is 1. The van der Waals surface area contributed by atoms with E-state index in [2.05, 4.69) is 87.7 Å². The van der Waals surface area contributed by atoms with Crippen LogP contribution in [0.1, 0.15) is 52.5 Å². The second-order valence-corrected chi connectivity index (χ2v) is 11.6. The van der Waals surface area contributed by atoms with E-state index < -0.39 is 5.97 Å². The average molecular weight is 589 g/mol. The third-order valence-corrected chi connectivity index (χ3v) is 8.54. The molecule has 4 aromatic carbocycles. The summed E-state index contributed by atoms with van der Waals surface area (Å²) in [5.41, 5.74) is 5.51. The van der Waals surface area contributed by atoms with Crippen LogP contribution in [0.3, 0.4) is 0 Å². The van der Waals surface area contributed by atoms with E-state index in [0.717, 1.165) is 41.9 Å². The molecule has 2 heterocycles. The Bertz CT molecular complexity index is 1750. The van der Waals surface area contributed by atoms with Crippen LogP contribution in [0, 0.1) is 6.92 Å². The monoisotopic (exact) mass is 588 g/mol. The highest BCUT2D eigenvalue weighted by atomic mass is 16.4. The Morgan fingerprint density at radius 2 is 1.64 bits per heavy atom. The maximum absolute atomic E-state index is 12.0. The molecule has 0 unspecified atom stereocenters. The van der Waals surface area contributed by atoms with Crippen molar-refractivity contribution in [2.75, 3.05) is 13.1 Å².